The van der Waals surface area contributed by atoms with Gasteiger partial charge in [-0.2, -0.15) is 0 Å². The Morgan fingerprint density at radius 1 is 1.52 bits per heavy atom. The Morgan fingerprint density at radius 2 is 2.33 bits per heavy atom. The Bertz CT molecular complexity index is 484. The lowest BCUT2D eigenvalue weighted by Gasteiger charge is -2.21. The van der Waals surface area contributed by atoms with Crippen molar-refractivity contribution in [2.75, 3.05) is 33.9 Å². The molecule has 0 aliphatic carbocycles. The van der Waals surface area contributed by atoms with Crippen LogP contribution in [0.2, 0.25) is 0 Å². The van der Waals surface area contributed by atoms with Crippen molar-refractivity contribution >= 4 is 5.91 Å². The molecule has 6 heteroatoms. The van der Waals surface area contributed by atoms with E-state index in [1.165, 1.54) is 12.1 Å². The molecular formula is C15H21FN2O3. The molecule has 2 atom stereocenters. The number of halogens is 1. The number of hydrogen-bond donors (Lipinski definition) is 1. The average Bonchev–Trinajstić information content (AvgIpc) is 2.95. The van der Waals surface area contributed by atoms with Gasteiger partial charge in [-0.25, -0.2) is 4.39 Å². The number of nitrogens with zero attached hydrogens (tertiary/aromatic N) is 1. The summed E-state index contributed by atoms with van der Waals surface area (Å²) in [5.74, 6) is 0.157. The molecule has 2 unspecified atom stereocenters. The Labute approximate surface area is 124 Å². The minimum absolute atomic E-state index is 0.0254. The van der Waals surface area contributed by atoms with Crippen LogP contribution in [0.25, 0.3) is 0 Å². The van der Waals surface area contributed by atoms with E-state index in [0.717, 1.165) is 0 Å². The maximum absolute atomic E-state index is 13.0. The fraction of sp³-hybridized carbons (Fsp3) is 0.533. The van der Waals surface area contributed by atoms with Crippen LogP contribution in [-0.2, 0) is 9.53 Å². The summed E-state index contributed by atoms with van der Waals surface area (Å²) in [5, 5.41) is 3.15. The molecule has 1 fully saturated rings. The maximum Gasteiger partial charge on any atom is 0.239 e. The topological polar surface area (TPSA) is 50.8 Å². The van der Waals surface area contributed by atoms with Crippen LogP contribution < -0.4 is 10.1 Å². The predicted octanol–water partition coefficient (Wildman–Crippen LogP) is 1.04. The average molecular weight is 296 g/mol. The van der Waals surface area contributed by atoms with E-state index in [1.54, 1.807) is 31.2 Å². The molecule has 1 aliphatic rings. The first-order valence-electron chi connectivity index (χ1n) is 6.99. The lowest BCUT2D eigenvalue weighted by molar-refractivity contribution is -0.132. The third kappa shape index (κ3) is 4.41. The number of hydrogen-bond acceptors (Lipinski definition) is 4. The van der Waals surface area contributed by atoms with Crippen molar-refractivity contribution < 1.29 is 18.7 Å². The number of benzene rings is 1. The molecule has 5 nitrogen and oxygen atoms in total. The van der Waals surface area contributed by atoms with Crippen LogP contribution in [0.1, 0.15) is 6.42 Å². The molecule has 21 heavy (non-hydrogen) atoms. The normalized spacial score (nSPS) is 21.3. The minimum atomic E-state index is -0.335. The number of methoxy groups -OCH3 is 1. The number of rotatable bonds is 6. The first-order valence-corrected chi connectivity index (χ1v) is 6.99. The second-order valence-electron chi connectivity index (χ2n) is 5.12. The van der Waals surface area contributed by atoms with Gasteiger partial charge in [0.05, 0.1) is 18.7 Å². The van der Waals surface area contributed by atoms with Crippen LogP contribution in [0.5, 0.6) is 5.75 Å². The highest BCUT2D eigenvalue weighted by atomic mass is 19.1. The zero-order valence-corrected chi connectivity index (χ0v) is 12.3. The van der Waals surface area contributed by atoms with Gasteiger partial charge in [0.2, 0.25) is 5.91 Å². The molecule has 1 amide bonds. The largest absolute Gasteiger partial charge is 0.492 e. The van der Waals surface area contributed by atoms with Crippen molar-refractivity contribution in [3.63, 3.8) is 0 Å². The molecule has 2 rings (SSSR count). The lowest BCUT2D eigenvalue weighted by atomic mass is 10.2. The van der Waals surface area contributed by atoms with Crippen molar-refractivity contribution in [1.29, 1.82) is 0 Å². The minimum Gasteiger partial charge on any atom is -0.492 e. The highest BCUT2D eigenvalue weighted by Crippen LogP contribution is 2.13. The van der Waals surface area contributed by atoms with E-state index in [4.69, 9.17) is 9.47 Å². The Kier molecular flexibility index (Phi) is 5.52. The number of likely N-dealkylation sites (N-methyl/N-ethyl adjacent to an activating group) is 1. The predicted molar refractivity (Wildman–Crippen MR) is 76.7 cm³/mol. The van der Waals surface area contributed by atoms with Crippen molar-refractivity contribution in [3.05, 3.63) is 30.1 Å². The highest BCUT2D eigenvalue weighted by Gasteiger charge is 2.30. The smallest absolute Gasteiger partial charge is 0.239 e. The molecule has 1 aliphatic heterocycles. The lowest BCUT2D eigenvalue weighted by Crippen LogP contribution is -2.43. The summed E-state index contributed by atoms with van der Waals surface area (Å²) >= 11 is 0. The highest BCUT2D eigenvalue weighted by molar-refractivity contribution is 5.82. The fourth-order valence-electron chi connectivity index (χ4n) is 2.30. The standard InChI is InChI=1S/C15H21FN2O3/c1-18(15(19)14-9-13(20-2)10-17-14)6-7-21-12-5-3-4-11(16)8-12/h3-5,8,13-14,17H,6-7,9-10H2,1-2H3. The van der Waals surface area contributed by atoms with Gasteiger partial charge < -0.3 is 19.7 Å². The van der Waals surface area contributed by atoms with Crippen molar-refractivity contribution in [3.8, 4) is 5.75 Å². The van der Waals surface area contributed by atoms with Gasteiger partial charge in [0, 0.05) is 26.8 Å². The van der Waals surface area contributed by atoms with E-state index < -0.39 is 0 Å². The first-order chi connectivity index (χ1) is 10.1. The SMILES string of the molecule is COC1CNC(C(=O)N(C)CCOc2cccc(F)c2)C1. The van der Waals surface area contributed by atoms with Gasteiger partial charge in [-0.3, -0.25) is 4.79 Å². The molecule has 0 spiro atoms. The summed E-state index contributed by atoms with van der Waals surface area (Å²) in [5.41, 5.74) is 0. The Morgan fingerprint density at radius 3 is 3.00 bits per heavy atom. The van der Waals surface area contributed by atoms with Crippen molar-refractivity contribution in [1.82, 2.24) is 10.2 Å². The molecule has 1 aromatic rings. The molecule has 1 saturated heterocycles. The van der Waals surface area contributed by atoms with Gasteiger partial charge in [-0.15, -0.1) is 0 Å². The van der Waals surface area contributed by atoms with Crippen LogP contribution in [0.15, 0.2) is 24.3 Å². The fourth-order valence-corrected chi connectivity index (χ4v) is 2.30. The number of ether oxygens (including phenoxy) is 2. The first kappa shape index (κ1) is 15.7. The zero-order valence-electron chi connectivity index (χ0n) is 12.3. The molecule has 1 heterocycles. The molecular weight excluding hydrogens is 275 g/mol. The number of nitrogens with one attached hydrogen (secondary N) is 1. The van der Waals surface area contributed by atoms with E-state index in [1.807, 2.05) is 0 Å². The number of amides is 1. The molecule has 0 radical (unpaired) electrons. The van der Waals surface area contributed by atoms with Gasteiger partial charge in [-0.1, -0.05) is 6.07 Å². The summed E-state index contributed by atoms with van der Waals surface area (Å²) < 4.78 is 23.7. The second-order valence-corrected chi connectivity index (χ2v) is 5.12. The van der Waals surface area contributed by atoms with Crippen LogP contribution >= 0.6 is 0 Å². The molecule has 0 bridgehead atoms. The zero-order chi connectivity index (χ0) is 15.2. The van der Waals surface area contributed by atoms with Gasteiger partial charge in [0.15, 0.2) is 0 Å². The van der Waals surface area contributed by atoms with Crippen LogP contribution in [0, 0.1) is 5.82 Å². The summed E-state index contributed by atoms with van der Waals surface area (Å²) in [6, 6.07) is 5.76. The number of carbonyl (C=O) groups is 1. The van der Waals surface area contributed by atoms with E-state index in [2.05, 4.69) is 5.32 Å². The van der Waals surface area contributed by atoms with Gasteiger partial charge in [0.1, 0.15) is 18.2 Å². The van der Waals surface area contributed by atoms with Crippen LogP contribution in [0.3, 0.4) is 0 Å². The third-order valence-corrected chi connectivity index (χ3v) is 3.59. The van der Waals surface area contributed by atoms with E-state index in [9.17, 15) is 9.18 Å². The van der Waals surface area contributed by atoms with Crippen molar-refractivity contribution in [2.45, 2.75) is 18.6 Å². The summed E-state index contributed by atoms with van der Waals surface area (Å²) in [6.07, 6.45) is 0.778. The molecule has 0 saturated carbocycles. The van der Waals surface area contributed by atoms with Gasteiger partial charge in [0.25, 0.3) is 0 Å². The molecule has 1 N–H and O–H groups in total. The molecule has 116 valence electrons. The monoisotopic (exact) mass is 296 g/mol. The summed E-state index contributed by atoms with van der Waals surface area (Å²) in [6.45, 7) is 1.47. The van der Waals surface area contributed by atoms with Crippen LogP contribution in [-0.4, -0.2) is 56.8 Å². The van der Waals surface area contributed by atoms with E-state index in [-0.39, 0.29) is 23.9 Å². The molecule has 0 aromatic heterocycles. The third-order valence-electron chi connectivity index (χ3n) is 3.59. The van der Waals surface area contributed by atoms with Crippen molar-refractivity contribution in [2.24, 2.45) is 0 Å². The molecule has 1 aromatic carbocycles. The van der Waals surface area contributed by atoms with Gasteiger partial charge in [-0.05, 0) is 18.6 Å². The quantitative estimate of drug-likeness (QED) is 0.852. The Balaban J connectivity index is 1.74. The van der Waals surface area contributed by atoms with Crippen LogP contribution in [0.4, 0.5) is 4.39 Å². The van der Waals surface area contributed by atoms with E-state index in [0.29, 0.717) is 31.9 Å². The number of carbonyl (C=O) groups excluding carboxylic acids is 1. The summed E-state index contributed by atoms with van der Waals surface area (Å²) in [7, 11) is 3.38. The summed E-state index contributed by atoms with van der Waals surface area (Å²) in [4.78, 5) is 13.8. The maximum atomic E-state index is 13.0. The second kappa shape index (κ2) is 7.38. The van der Waals surface area contributed by atoms with E-state index >= 15 is 0 Å². The van der Waals surface area contributed by atoms with Gasteiger partial charge >= 0.3 is 0 Å². The Hall–Kier alpha value is -1.66.